The molecule has 0 spiro atoms. The van der Waals surface area contributed by atoms with E-state index in [1.54, 1.807) is 4.90 Å². The van der Waals surface area contributed by atoms with Gasteiger partial charge in [-0.3, -0.25) is 4.79 Å². The Bertz CT molecular complexity index is 508. The maximum atomic E-state index is 13.6. The minimum atomic E-state index is -0.473. The van der Waals surface area contributed by atoms with E-state index in [4.69, 9.17) is 15.6 Å². The van der Waals surface area contributed by atoms with E-state index in [9.17, 15) is 9.18 Å². The van der Waals surface area contributed by atoms with Crippen LogP contribution < -0.4 is 10.5 Å². The third-order valence-corrected chi connectivity index (χ3v) is 3.90. The van der Waals surface area contributed by atoms with Gasteiger partial charge in [0.25, 0.3) is 5.91 Å². The number of aliphatic hydroxyl groups excluding tert-OH is 1. The Morgan fingerprint density at radius 3 is 3.00 bits per heavy atom. The summed E-state index contributed by atoms with van der Waals surface area (Å²) in [4.78, 5) is 14.5. The second kappa shape index (κ2) is 8.10. The van der Waals surface area contributed by atoms with Gasteiger partial charge in [-0.1, -0.05) is 0 Å². The van der Waals surface area contributed by atoms with Crippen LogP contribution in [0.15, 0.2) is 18.2 Å². The van der Waals surface area contributed by atoms with Gasteiger partial charge in [-0.05, 0) is 43.9 Å². The van der Waals surface area contributed by atoms with Gasteiger partial charge >= 0.3 is 0 Å². The normalized spacial score (nSPS) is 18.3. The molecule has 0 aliphatic carbocycles. The molecular formula is C16H23FN2O3. The number of benzene rings is 1. The van der Waals surface area contributed by atoms with E-state index in [1.165, 1.54) is 18.2 Å². The fourth-order valence-electron chi connectivity index (χ4n) is 2.84. The van der Waals surface area contributed by atoms with Crippen molar-refractivity contribution in [1.29, 1.82) is 0 Å². The molecular weight excluding hydrogens is 287 g/mol. The highest BCUT2D eigenvalue weighted by Crippen LogP contribution is 2.26. The Balaban J connectivity index is 2.24. The zero-order chi connectivity index (χ0) is 15.9. The number of rotatable bonds is 6. The van der Waals surface area contributed by atoms with Crippen LogP contribution >= 0.6 is 0 Å². The molecule has 2 rings (SSSR count). The second-order valence-electron chi connectivity index (χ2n) is 5.44. The number of nitrogens with two attached hydrogens (primary N) is 1. The zero-order valence-electron chi connectivity index (χ0n) is 12.6. The van der Waals surface area contributed by atoms with Gasteiger partial charge < -0.3 is 20.5 Å². The van der Waals surface area contributed by atoms with Gasteiger partial charge in [-0.25, -0.2) is 4.39 Å². The van der Waals surface area contributed by atoms with E-state index < -0.39 is 5.82 Å². The Morgan fingerprint density at radius 1 is 1.45 bits per heavy atom. The van der Waals surface area contributed by atoms with Crippen molar-refractivity contribution in [1.82, 2.24) is 4.90 Å². The first-order valence-corrected chi connectivity index (χ1v) is 7.71. The second-order valence-corrected chi connectivity index (χ2v) is 5.44. The van der Waals surface area contributed by atoms with E-state index >= 15 is 0 Å². The summed E-state index contributed by atoms with van der Waals surface area (Å²) in [7, 11) is 0. The van der Waals surface area contributed by atoms with Gasteiger partial charge in [-0.2, -0.15) is 0 Å². The first-order chi connectivity index (χ1) is 10.7. The summed E-state index contributed by atoms with van der Waals surface area (Å²) in [5.74, 6) is -0.367. The molecule has 0 saturated carbocycles. The lowest BCUT2D eigenvalue weighted by Gasteiger charge is -2.36. The van der Waals surface area contributed by atoms with Crippen LogP contribution in [0.1, 0.15) is 36.0 Å². The average Bonchev–Trinajstić information content (AvgIpc) is 2.54. The third-order valence-electron chi connectivity index (χ3n) is 3.90. The van der Waals surface area contributed by atoms with E-state index in [1.807, 2.05) is 0 Å². The van der Waals surface area contributed by atoms with Crippen molar-refractivity contribution in [2.24, 2.45) is 5.73 Å². The number of ether oxygens (including phenoxy) is 1. The van der Waals surface area contributed by atoms with E-state index in [-0.39, 0.29) is 30.7 Å². The van der Waals surface area contributed by atoms with Gasteiger partial charge in [0.15, 0.2) is 0 Å². The van der Waals surface area contributed by atoms with Crippen molar-refractivity contribution in [3.05, 3.63) is 29.6 Å². The molecule has 1 aliphatic rings. The first-order valence-electron chi connectivity index (χ1n) is 7.71. The van der Waals surface area contributed by atoms with Crippen molar-refractivity contribution in [2.45, 2.75) is 31.7 Å². The molecule has 0 aromatic heterocycles. The van der Waals surface area contributed by atoms with Crippen molar-refractivity contribution in [2.75, 3.05) is 26.3 Å². The lowest BCUT2D eigenvalue weighted by Crippen LogP contribution is -2.44. The standard InChI is InChI=1S/C16H23FN2O3/c17-12-4-5-15(22-10-7-18)14(11-12)16(21)19-8-2-1-3-13(19)6-9-20/h4-5,11,13,20H,1-3,6-10,18H2. The van der Waals surface area contributed by atoms with Crippen molar-refractivity contribution in [3.8, 4) is 5.75 Å². The van der Waals surface area contributed by atoms with Gasteiger partial charge in [0.1, 0.15) is 18.2 Å². The van der Waals surface area contributed by atoms with E-state index in [0.29, 0.717) is 25.3 Å². The Kier molecular flexibility index (Phi) is 6.15. The molecule has 1 fully saturated rings. The molecule has 1 aromatic carbocycles. The van der Waals surface area contributed by atoms with Crippen LogP contribution in [0.25, 0.3) is 0 Å². The van der Waals surface area contributed by atoms with Gasteiger partial charge in [0.2, 0.25) is 0 Å². The summed E-state index contributed by atoms with van der Waals surface area (Å²) in [6.45, 7) is 1.25. The molecule has 1 atom stereocenters. The van der Waals surface area contributed by atoms with E-state index in [0.717, 1.165) is 19.3 Å². The minimum Gasteiger partial charge on any atom is -0.491 e. The summed E-state index contributed by atoms with van der Waals surface area (Å²) in [5.41, 5.74) is 5.64. The lowest BCUT2D eigenvalue weighted by atomic mass is 9.98. The SMILES string of the molecule is NCCOc1ccc(F)cc1C(=O)N1CCCCC1CCO. The number of piperidine rings is 1. The molecule has 122 valence electrons. The smallest absolute Gasteiger partial charge is 0.257 e. The molecule has 22 heavy (non-hydrogen) atoms. The molecule has 1 aromatic rings. The number of hydrogen-bond donors (Lipinski definition) is 2. The largest absolute Gasteiger partial charge is 0.491 e. The molecule has 6 heteroatoms. The Morgan fingerprint density at radius 2 is 2.27 bits per heavy atom. The maximum absolute atomic E-state index is 13.6. The zero-order valence-corrected chi connectivity index (χ0v) is 12.6. The number of likely N-dealkylation sites (tertiary alicyclic amines) is 1. The van der Waals surface area contributed by atoms with Crippen LogP contribution in [0.3, 0.4) is 0 Å². The predicted molar refractivity (Wildman–Crippen MR) is 81.3 cm³/mol. The molecule has 5 nitrogen and oxygen atoms in total. The highest BCUT2D eigenvalue weighted by atomic mass is 19.1. The molecule has 0 radical (unpaired) electrons. The predicted octanol–water partition coefficient (Wildman–Crippen LogP) is 1.54. The Labute approximate surface area is 129 Å². The number of nitrogens with zero attached hydrogens (tertiary/aromatic N) is 1. The van der Waals surface area contributed by atoms with Gasteiger partial charge in [0, 0.05) is 25.7 Å². The molecule has 1 heterocycles. The van der Waals surface area contributed by atoms with Crippen LogP contribution in [0.2, 0.25) is 0 Å². The topological polar surface area (TPSA) is 75.8 Å². The van der Waals surface area contributed by atoms with Crippen LogP contribution in [0, 0.1) is 5.82 Å². The summed E-state index contributed by atoms with van der Waals surface area (Å²) < 4.78 is 19.0. The fraction of sp³-hybridized carbons (Fsp3) is 0.562. The van der Waals surface area contributed by atoms with Crippen molar-refractivity contribution < 1.29 is 19.0 Å². The molecule has 0 bridgehead atoms. The van der Waals surface area contributed by atoms with Crippen molar-refractivity contribution >= 4 is 5.91 Å². The quantitative estimate of drug-likeness (QED) is 0.836. The minimum absolute atomic E-state index is 0.00289. The third kappa shape index (κ3) is 3.96. The number of carbonyl (C=O) groups is 1. The summed E-state index contributed by atoms with van der Waals surface area (Å²) in [5, 5.41) is 9.17. The lowest BCUT2D eigenvalue weighted by molar-refractivity contribution is 0.0570. The van der Waals surface area contributed by atoms with Crippen LogP contribution in [0.5, 0.6) is 5.75 Å². The summed E-state index contributed by atoms with van der Waals surface area (Å²) in [6, 6.07) is 3.93. The Hall–Kier alpha value is -1.66. The number of carbonyl (C=O) groups excluding carboxylic acids is 1. The van der Waals surface area contributed by atoms with E-state index in [2.05, 4.69) is 0 Å². The number of hydrogen-bond acceptors (Lipinski definition) is 4. The van der Waals surface area contributed by atoms with Gasteiger partial charge in [0.05, 0.1) is 5.56 Å². The molecule has 1 amide bonds. The van der Waals surface area contributed by atoms with Crippen molar-refractivity contribution in [3.63, 3.8) is 0 Å². The molecule has 1 saturated heterocycles. The number of halogens is 1. The van der Waals surface area contributed by atoms with Crippen LogP contribution in [-0.2, 0) is 0 Å². The van der Waals surface area contributed by atoms with Crippen LogP contribution in [-0.4, -0.2) is 48.3 Å². The average molecular weight is 310 g/mol. The summed E-state index contributed by atoms with van der Waals surface area (Å²) in [6.07, 6.45) is 3.36. The number of amides is 1. The first kappa shape index (κ1) is 16.7. The number of aliphatic hydroxyl groups is 1. The van der Waals surface area contributed by atoms with Crippen LogP contribution in [0.4, 0.5) is 4.39 Å². The monoisotopic (exact) mass is 310 g/mol. The maximum Gasteiger partial charge on any atom is 0.257 e. The van der Waals surface area contributed by atoms with Gasteiger partial charge in [-0.15, -0.1) is 0 Å². The highest BCUT2D eigenvalue weighted by molar-refractivity contribution is 5.97. The summed E-state index contributed by atoms with van der Waals surface area (Å²) >= 11 is 0. The molecule has 1 aliphatic heterocycles. The highest BCUT2D eigenvalue weighted by Gasteiger charge is 2.29. The molecule has 3 N–H and O–H groups in total. The fourth-order valence-corrected chi connectivity index (χ4v) is 2.84. The molecule has 1 unspecified atom stereocenters.